The predicted octanol–water partition coefficient (Wildman–Crippen LogP) is 3.27. The first-order valence-electron chi connectivity index (χ1n) is 9.72. The number of benzene rings is 2. The van der Waals surface area contributed by atoms with Gasteiger partial charge in [-0.25, -0.2) is 0 Å². The highest BCUT2D eigenvalue weighted by Crippen LogP contribution is 2.38. The van der Waals surface area contributed by atoms with Crippen LogP contribution < -0.4 is 0 Å². The smallest absolute Gasteiger partial charge is 0.321 e. The maximum absolute atomic E-state index is 11.9. The van der Waals surface area contributed by atoms with Gasteiger partial charge in [-0.05, 0) is 5.56 Å². The van der Waals surface area contributed by atoms with Crippen molar-refractivity contribution < 1.29 is 28.8 Å². The molecule has 0 saturated carbocycles. The van der Waals surface area contributed by atoms with E-state index in [0.717, 1.165) is 11.1 Å². The first-order chi connectivity index (χ1) is 14.7. The average molecular weight is 451 g/mol. The SMILES string of the molecule is O=C(CCl)O[C@@H]1[C@@H](O)[C@H](SCc2ccccc2)O[C@@H]2COC(c3ccccc3)O[C@H]12. The lowest BCUT2D eigenvalue weighted by atomic mass is 9.98. The van der Waals surface area contributed by atoms with Crippen molar-refractivity contribution in [1.82, 2.24) is 0 Å². The van der Waals surface area contributed by atoms with E-state index in [1.165, 1.54) is 11.8 Å². The normalized spacial score (nSPS) is 31.0. The van der Waals surface area contributed by atoms with E-state index >= 15 is 0 Å². The van der Waals surface area contributed by atoms with E-state index in [1.54, 1.807) is 0 Å². The maximum Gasteiger partial charge on any atom is 0.321 e. The molecule has 2 aromatic carbocycles. The van der Waals surface area contributed by atoms with Crippen LogP contribution in [-0.4, -0.2) is 53.4 Å². The van der Waals surface area contributed by atoms with Crippen LogP contribution in [-0.2, 0) is 29.5 Å². The molecule has 2 aromatic rings. The molecule has 2 aliphatic heterocycles. The van der Waals surface area contributed by atoms with Crippen molar-refractivity contribution >= 4 is 29.3 Å². The number of carbonyl (C=O) groups excluding carboxylic acids is 1. The van der Waals surface area contributed by atoms with Crippen LogP contribution in [0, 0.1) is 0 Å². The first kappa shape index (κ1) is 21.6. The van der Waals surface area contributed by atoms with E-state index in [9.17, 15) is 9.90 Å². The molecule has 1 N–H and O–H groups in total. The Kier molecular flexibility index (Phi) is 7.30. The Balaban J connectivity index is 1.49. The van der Waals surface area contributed by atoms with Gasteiger partial charge in [-0.2, -0.15) is 0 Å². The third kappa shape index (κ3) is 4.99. The van der Waals surface area contributed by atoms with Gasteiger partial charge < -0.3 is 24.1 Å². The van der Waals surface area contributed by atoms with E-state index < -0.39 is 42.1 Å². The Morgan fingerprint density at radius 1 is 1.10 bits per heavy atom. The number of hydrogen-bond acceptors (Lipinski definition) is 7. The number of carbonyl (C=O) groups is 1. The van der Waals surface area contributed by atoms with Gasteiger partial charge in [-0.3, -0.25) is 4.79 Å². The number of fused-ring (bicyclic) bond motifs is 1. The lowest BCUT2D eigenvalue weighted by Crippen LogP contribution is -2.62. The molecule has 0 aromatic heterocycles. The third-order valence-corrected chi connectivity index (χ3v) is 6.45. The molecule has 4 rings (SSSR count). The average Bonchev–Trinajstić information content (AvgIpc) is 2.80. The molecule has 6 nitrogen and oxygen atoms in total. The zero-order valence-electron chi connectivity index (χ0n) is 16.1. The van der Waals surface area contributed by atoms with Crippen LogP contribution in [0.15, 0.2) is 60.7 Å². The third-order valence-electron chi connectivity index (χ3n) is 5.01. The Morgan fingerprint density at radius 3 is 2.50 bits per heavy atom. The van der Waals surface area contributed by atoms with Gasteiger partial charge in [-0.15, -0.1) is 23.4 Å². The van der Waals surface area contributed by atoms with Gasteiger partial charge in [-0.1, -0.05) is 60.7 Å². The molecule has 0 aliphatic carbocycles. The molecule has 8 heteroatoms. The van der Waals surface area contributed by atoms with E-state index in [1.807, 2.05) is 60.7 Å². The van der Waals surface area contributed by atoms with Crippen LogP contribution in [0.2, 0.25) is 0 Å². The lowest BCUT2D eigenvalue weighted by Gasteiger charge is -2.47. The molecular weight excluding hydrogens is 428 g/mol. The second-order valence-electron chi connectivity index (χ2n) is 7.09. The van der Waals surface area contributed by atoms with Gasteiger partial charge in [0, 0.05) is 11.3 Å². The predicted molar refractivity (Wildman–Crippen MR) is 113 cm³/mol. The standard InChI is InChI=1S/C22H23ClO6S/c23-11-17(24)28-20-18(25)22(30-13-14-7-3-1-4-8-14)27-16-12-26-21(29-19(16)20)15-9-5-2-6-10-15/h1-10,16,18-22,25H,11-13H2/t16-,18-,19+,20-,21?,22+/m1/s1. The summed E-state index contributed by atoms with van der Waals surface area (Å²) in [4.78, 5) is 11.9. The minimum absolute atomic E-state index is 0.258. The topological polar surface area (TPSA) is 74.2 Å². The number of esters is 1. The van der Waals surface area contributed by atoms with Crippen LogP contribution in [0.1, 0.15) is 17.4 Å². The van der Waals surface area contributed by atoms with E-state index in [0.29, 0.717) is 5.75 Å². The Hall–Kier alpha value is -1.61. The summed E-state index contributed by atoms with van der Waals surface area (Å²) >= 11 is 7.08. The van der Waals surface area contributed by atoms with Crippen LogP contribution >= 0.6 is 23.4 Å². The molecular formula is C22H23ClO6S. The highest BCUT2D eigenvalue weighted by molar-refractivity contribution is 7.99. The summed E-state index contributed by atoms with van der Waals surface area (Å²) in [5, 5.41) is 11.0. The van der Waals surface area contributed by atoms with Crippen molar-refractivity contribution in [3.05, 3.63) is 71.8 Å². The number of hydrogen-bond donors (Lipinski definition) is 1. The molecule has 6 atom stereocenters. The van der Waals surface area contributed by atoms with Gasteiger partial charge in [0.2, 0.25) is 0 Å². The molecule has 0 spiro atoms. The zero-order chi connectivity index (χ0) is 20.9. The summed E-state index contributed by atoms with van der Waals surface area (Å²) < 4.78 is 23.5. The lowest BCUT2D eigenvalue weighted by molar-refractivity contribution is -0.319. The number of aliphatic hydroxyl groups excluding tert-OH is 1. The largest absolute Gasteiger partial charge is 0.456 e. The molecule has 2 aliphatic rings. The molecule has 30 heavy (non-hydrogen) atoms. The number of aliphatic hydroxyl groups is 1. The molecule has 2 heterocycles. The van der Waals surface area contributed by atoms with Crippen LogP contribution in [0.4, 0.5) is 0 Å². The van der Waals surface area contributed by atoms with Gasteiger partial charge in [0.15, 0.2) is 12.4 Å². The summed E-state index contributed by atoms with van der Waals surface area (Å²) in [7, 11) is 0. The molecule has 1 unspecified atom stereocenters. The van der Waals surface area contributed by atoms with Gasteiger partial charge >= 0.3 is 5.97 Å². The van der Waals surface area contributed by atoms with E-state index in [-0.39, 0.29) is 12.5 Å². The van der Waals surface area contributed by atoms with Gasteiger partial charge in [0.05, 0.1) is 6.61 Å². The van der Waals surface area contributed by atoms with Crippen molar-refractivity contribution in [2.24, 2.45) is 0 Å². The summed E-state index contributed by atoms with van der Waals surface area (Å²) in [6, 6.07) is 19.4. The molecule has 0 bridgehead atoms. The second kappa shape index (κ2) is 10.1. The number of thioether (sulfide) groups is 1. The number of alkyl halides is 1. The fourth-order valence-electron chi connectivity index (χ4n) is 3.55. The second-order valence-corrected chi connectivity index (χ2v) is 8.45. The Labute approximate surface area is 184 Å². The minimum atomic E-state index is -1.07. The monoisotopic (exact) mass is 450 g/mol. The summed E-state index contributed by atoms with van der Waals surface area (Å²) in [5.41, 5.74) is 1.35. The zero-order valence-corrected chi connectivity index (χ0v) is 17.7. The highest BCUT2D eigenvalue weighted by atomic mass is 35.5. The van der Waals surface area contributed by atoms with E-state index in [4.69, 9.17) is 30.5 Å². The Bertz CT molecular complexity index is 823. The van der Waals surface area contributed by atoms with Crippen molar-refractivity contribution in [2.45, 2.75) is 41.9 Å². The number of ether oxygens (including phenoxy) is 4. The fourth-order valence-corrected chi connectivity index (χ4v) is 4.74. The van der Waals surface area contributed by atoms with Crippen molar-refractivity contribution in [3.63, 3.8) is 0 Å². The molecule has 0 radical (unpaired) electrons. The van der Waals surface area contributed by atoms with Crippen molar-refractivity contribution in [2.75, 3.05) is 12.5 Å². The highest BCUT2D eigenvalue weighted by Gasteiger charge is 2.51. The summed E-state index contributed by atoms with van der Waals surface area (Å²) in [5.74, 6) is -0.272. The molecule has 2 saturated heterocycles. The molecule has 2 fully saturated rings. The first-order valence-corrected chi connectivity index (χ1v) is 11.3. The van der Waals surface area contributed by atoms with Crippen LogP contribution in [0.3, 0.4) is 0 Å². The van der Waals surface area contributed by atoms with Crippen LogP contribution in [0.25, 0.3) is 0 Å². The van der Waals surface area contributed by atoms with Gasteiger partial charge in [0.1, 0.15) is 29.6 Å². The van der Waals surface area contributed by atoms with E-state index in [2.05, 4.69) is 0 Å². The van der Waals surface area contributed by atoms with Gasteiger partial charge in [0.25, 0.3) is 0 Å². The minimum Gasteiger partial charge on any atom is -0.456 e. The van der Waals surface area contributed by atoms with Crippen LogP contribution in [0.5, 0.6) is 0 Å². The summed E-state index contributed by atoms with van der Waals surface area (Å²) in [6.07, 6.45) is -3.75. The number of rotatable bonds is 6. The number of halogens is 1. The maximum atomic E-state index is 11.9. The van der Waals surface area contributed by atoms with Crippen molar-refractivity contribution in [1.29, 1.82) is 0 Å². The van der Waals surface area contributed by atoms with Crippen molar-refractivity contribution in [3.8, 4) is 0 Å². The summed E-state index contributed by atoms with van der Waals surface area (Å²) in [6.45, 7) is 0.258. The molecule has 0 amide bonds. The molecule has 160 valence electrons. The fraction of sp³-hybridized carbons (Fsp3) is 0.409. The Morgan fingerprint density at radius 2 is 1.80 bits per heavy atom. The quantitative estimate of drug-likeness (QED) is 0.534.